The monoisotopic (exact) mass is 593 g/mol. The van der Waals surface area contributed by atoms with Crippen LogP contribution in [0.5, 0.6) is 11.5 Å². The highest BCUT2D eigenvalue weighted by molar-refractivity contribution is 9.11. The van der Waals surface area contributed by atoms with E-state index in [1.54, 1.807) is 12.1 Å². The Balaban J connectivity index is 1.98. The highest BCUT2D eigenvalue weighted by Crippen LogP contribution is 2.34. The number of hydrazone groups is 1. The highest BCUT2D eigenvalue weighted by Gasteiger charge is 2.22. The van der Waals surface area contributed by atoms with Gasteiger partial charge in [0, 0.05) is 0 Å². The third-order valence-electron chi connectivity index (χ3n) is 4.57. The van der Waals surface area contributed by atoms with Gasteiger partial charge in [-0.15, -0.1) is 0 Å². The third-order valence-corrected chi connectivity index (χ3v) is 5.74. The van der Waals surface area contributed by atoms with E-state index in [9.17, 15) is 9.59 Å². The van der Waals surface area contributed by atoms with E-state index in [-0.39, 0.29) is 18.4 Å². The van der Waals surface area contributed by atoms with Crippen LogP contribution in [0.2, 0.25) is 0 Å². The van der Waals surface area contributed by atoms with Gasteiger partial charge >= 0.3 is 0 Å². The second kappa shape index (κ2) is 13.9. The van der Waals surface area contributed by atoms with Crippen molar-refractivity contribution in [1.29, 1.82) is 0 Å². The smallest absolute Gasteiger partial charge is 0.262 e. The molecule has 2 aromatic carbocycles. The van der Waals surface area contributed by atoms with Gasteiger partial charge < -0.3 is 14.8 Å². The van der Waals surface area contributed by atoms with Crippen molar-refractivity contribution < 1.29 is 19.1 Å². The summed E-state index contributed by atoms with van der Waals surface area (Å²) in [7, 11) is 0. The largest absolute Gasteiger partial charge is 0.487 e. The van der Waals surface area contributed by atoms with Crippen LogP contribution in [0.25, 0.3) is 0 Å². The summed E-state index contributed by atoms with van der Waals surface area (Å²) in [5, 5.41) is 6.79. The molecule has 0 spiro atoms. The number of nitrogens with one attached hydrogen (secondary N) is 2. The number of para-hydroxylation sites is 1. The van der Waals surface area contributed by atoms with E-state index in [1.165, 1.54) is 6.21 Å². The zero-order chi connectivity index (χ0) is 25.1. The molecule has 0 saturated heterocycles. The molecule has 0 aliphatic heterocycles. The van der Waals surface area contributed by atoms with Crippen LogP contribution in [0, 0.1) is 12.8 Å². The Hall–Kier alpha value is -2.65. The normalized spacial score (nSPS) is 11.8. The van der Waals surface area contributed by atoms with Crippen LogP contribution in [0.4, 0.5) is 0 Å². The molecule has 2 aromatic rings. The minimum absolute atomic E-state index is 0.182. The van der Waals surface area contributed by atoms with E-state index in [0.717, 1.165) is 20.1 Å². The molecule has 0 heterocycles. The highest BCUT2D eigenvalue weighted by atomic mass is 79.9. The number of hydrogen-bond donors (Lipinski definition) is 2. The number of rotatable bonds is 12. The van der Waals surface area contributed by atoms with E-state index in [1.807, 2.05) is 51.1 Å². The van der Waals surface area contributed by atoms with Gasteiger partial charge in [0.2, 0.25) is 0 Å². The molecule has 0 saturated carbocycles. The minimum Gasteiger partial charge on any atom is -0.487 e. The van der Waals surface area contributed by atoms with Gasteiger partial charge in [0.05, 0.1) is 15.2 Å². The Morgan fingerprint density at radius 1 is 1.15 bits per heavy atom. The second-order valence-electron chi connectivity index (χ2n) is 7.95. The van der Waals surface area contributed by atoms with E-state index in [0.29, 0.717) is 24.5 Å². The van der Waals surface area contributed by atoms with Crippen LogP contribution in [-0.2, 0) is 9.59 Å². The number of halogens is 2. The summed E-state index contributed by atoms with van der Waals surface area (Å²) in [6.45, 7) is 9.68. The van der Waals surface area contributed by atoms with Crippen molar-refractivity contribution in [3.8, 4) is 11.5 Å². The molecule has 0 fully saturated rings. The first-order valence-corrected chi connectivity index (χ1v) is 12.3. The zero-order valence-electron chi connectivity index (χ0n) is 19.4. The lowest BCUT2D eigenvalue weighted by molar-refractivity contribution is -0.130. The number of hydrogen-bond acceptors (Lipinski definition) is 5. The SMILES string of the molecule is C=CCOc1c(Br)cc(/C=N\NC(=O)[C@H](CC(C)C)NC(=O)COc2ccccc2C)cc1Br. The van der Waals surface area contributed by atoms with Gasteiger partial charge in [-0.25, -0.2) is 5.43 Å². The lowest BCUT2D eigenvalue weighted by Gasteiger charge is -2.19. The number of carbonyl (C=O) groups is 2. The quantitative estimate of drug-likeness (QED) is 0.202. The fourth-order valence-electron chi connectivity index (χ4n) is 2.98. The molecular formula is C25H29Br2N3O4. The average molecular weight is 595 g/mol. The van der Waals surface area contributed by atoms with Crippen LogP contribution in [-0.4, -0.2) is 37.3 Å². The molecule has 0 aromatic heterocycles. The molecular weight excluding hydrogens is 566 g/mol. The number of carbonyl (C=O) groups excluding carboxylic acids is 2. The zero-order valence-corrected chi connectivity index (χ0v) is 22.6. The van der Waals surface area contributed by atoms with Gasteiger partial charge in [0.25, 0.3) is 11.8 Å². The van der Waals surface area contributed by atoms with Crippen LogP contribution in [0.15, 0.2) is 63.1 Å². The number of nitrogens with zero attached hydrogens (tertiary/aromatic N) is 1. The van der Waals surface area contributed by atoms with Crippen molar-refractivity contribution >= 4 is 49.9 Å². The third kappa shape index (κ3) is 8.95. The van der Waals surface area contributed by atoms with Crippen molar-refractivity contribution in [3.63, 3.8) is 0 Å². The van der Waals surface area contributed by atoms with E-state index in [2.05, 4.69) is 54.3 Å². The summed E-state index contributed by atoms with van der Waals surface area (Å²) in [6, 6.07) is 10.3. The summed E-state index contributed by atoms with van der Waals surface area (Å²) in [6.07, 6.45) is 3.63. The standard InChI is InChI=1S/C25H29Br2N3O4/c1-5-10-33-24-19(26)12-18(13-20(24)27)14-28-30-25(32)21(11-16(2)3)29-23(31)15-34-22-9-7-6-8-17(22)4/h5-9,12-14,16,21H,1,10-11,15H2,2-4H3,(H,29,31)(H,30,32)/b28-14-/t21-/m0/s1. The number of ether oxygens (including phenoxy) is 2. The first kappa shape index (κ1) is 27.6. The minimum atomic E-state index is -0.738. The summed E-state index contributed by atoms with van der Waals surface area (Å²) in [5.74, 6) is 0.681. The molecule has 7 nitrogen and oxygen atoms in total. The first-order chi connectivity index (χ1) is 16.2. The molecule has 9 heteroatoms. The van der Waals surface area contributed by atoms with Crippen molar-refractivity contribution in [2.24, 2.45) is 11.0 Å². The number of aryl methyl sites for hydroxylation is 1. The molecule has 2 N–H and O–H groups in total. The Morgan fingerprint density at radius 2 is 1.82 bits per heavy atom. The molecule has 0 aliphatic rings. The summed E-state index contributed by atoms with van der Waals surface area (Å²) >= 11 is 6.93. The Bertz CT molecular complexity index is 1020. The van der Waals surface area contributed by atoms with E-state index < -0.39 is 11.9 Å². The fraction of sp³-hybridized carbons (Fsp3) is 0.320. The molecule has 182 valence electrons. The maximum atomic E-state index is 12.7. The average Bonchev–Trinajstić information content (AvgIpc) is 2.77. The molecule has 0 unspecified atom stereocenters. The molecule has 0 radical (unpaired) electrons. The van der Waals surface area contributed by atoms with Gasteiger partial charge in [-0.3, -0.25) is 9.59 Å². The molecule has 34 heavy (non-hydrogen) atoms. The number of amides is 2. The fourth-order valence-corrected chi connectivity index (χ4v) is 4.43. The Labute approximate surface area is 217 Å². The van der Waals surface area contributed by atoms with Gasteiger partial charge in [0.15, 0.2) is 6.61 Å². The van der Waals surface area contributed by atoms with Gasteiger partial charge in [-0.1, -0.05) is 44.7 Å². The molecule has 2 rings (SSSR count). The van der Waals surface area contributed by atoms with Crippen LogP contribution in [0.3, 0.4) is 0 Å². The molecule has 1 atom stereocenters. The molecule has 2 amide bonds. The van der Waals surface area contributed by atoms with E-state index >= 15 is 0 Å². The first-order valence-electron chi connectivity index (χ1n) is 10.7. The van der Waals surface area contributed by atoms with Crippen LogP contribution < -0.4 is 20.2 Å². The predicted octanol–water partition coefficient (Wildman–Crippen LogP) is 5.14. The van der Waals surface area contributed by atoms with Crippen molar-refractivity contribution in [3.05, 3.63) is 69.1 Å². The number of benzene rings is 2. The van der Waals surface area contributed by atoms with Crippen LogP contribution >= 0.6 is 31.9 Å². The van der Waals surface area contributed by atoms with E-state index in [4.69, 9.17) is 9.47 Å². The van der Waals surface area contributed by atoms with Gasteiger partial charge in [-0.05, 0) is 80.4 Å². The lowest BCUT2D eigenvalue weighted by Crippen LogP contribution is -2.47. The molecule has 0 bridgehead atoms. The summed E-state index contributed by atoms with van der Waals surface area (Å²) < 4.78 is 12.6. The van der Waals surface area contributed by atoms with Gasteiger partial charge in [-0.2, -0.15) is 5.10 Å². The maximum absolute atomic E-state index is 12.7. The Morgan fingerprint density at radius 3 is 2.44 bits per heavy atom. The van der Waals surface area contributed by atoms with Crippen LogP contribution in [0.1, 0.15) is 31.4 Å². The van der Waals surface area contributed by atoms with Crippen molar-refractivity contribution in [1.82, 2.24) is 10.7 Å². The lowest BCUT2D eigenvalue weighted by atomic mass is 10.0. The van der Waals surface area contributed by atoms with Crippen molar-refractivity contribution in [2.45, 2.75) is 33.2 Å². The predicted molar refractivity (Wildman–Crippen MR) is 141 cm³/mol. The Kier molecular flexibility index (Phi) is 11.3. The van der Waals surface area contributed by atoms with Crippen molar-refractivity contribution in [2.75, 3.05) is 13.2 Å². The van der Waals surface area contributed by atoms with Gasteiger partial charge in [0.1, 0.15) is 24.1 Å². The second-order valence-corrected chi connectivity index (χ2v) is 9.66. The summed E-state index contributed by atoms with van der Waals surface area (Å²) in [5.41, 5.74) is 4.18. The topological polar surface area (TPSA) is 89.0 Å². The summed E-state index contributed by atoms with van der Waals surface area (Å²) in [4.78, 5) is 25.1. The molecule has 0 aliphatic carbocycles. The maximum Gasteiger partial charge on any atom is 0.262 e.